The van der Waals surface area contributed by atoms with Gasteiger partial charge in [0.05, 0.1) is 12.9 Å². The summed E-state index contributed by atoms with van der Waals surface area (Å²) in [4.78, 5) is 3.98. The lowest BCUT2D eigenvalue weighted by atomic mass is 10.5. The molecule has 4 heteroatoms. The van der Waals surface area contributed by atoms with Crippen LogP contribution in [0.1, 0.15) is 5.69 Å². The number of imidazole rings is 1. The molecule has 0 bridgehead atoms. The van der Waals surface area contributed by atoms with Crippen molar-refractivity contribution in [1.29, 1.82) is 0 Å². The van der Waals surface area contributed by atoms with E-state index in [0.29, 0.717) is 0 Å². The largest absolute Gasteiger partial charge is 0.336 e. The molecule has 13 heavy (non-hydrogen) atoms. The number of rotatable bonds is 3. The topological polar surface area (TPSA) is 35.6 Å². The molecular formula is C9H12N4. The van der Waals surface area contributed by atoms with Crippen molar-refractivity contribution in [3.63, 3.8) is 0 Å². The minimum absolute atomic E-state index is 0.898. The van der Waals surface area contributed by atoms with Crippen LogP contribution in [0.4, 0.5) is 0 Å². The van der Waals surface area contributed by atoms with Gasteiger partial charge < -0.3 is 4.57 Å². The minimum atomic E-state index is 0.898. The first-order chi connectivity index (χ1) is 6.36. The molecular weight excluding hydrogens is 164 g/mol. The van der Waals surface area contributed by atoms with Gasteiger partial charge in [-0.1, -0.05) is 0 Å². The first-order valence-corrected chi connectivity index (χ1v) is 4.30. The molecule has 0 saturated carbocycles. The Kier molecular flexibility index (Phi) is 2.12. The first-order valence-electron chi connectivity index (χ1n) is 4.30. The molecule has 0 atom stereocenters. The van der Waals surface area contributed by atoms with E-state index in [-0.39, 0.29) is 0 Å². The standard InChI is InChI=1S/C9H12N4/c1-9-2-3-11-13(9)7-6-12-5-4-10-8-12/h2-5,8H,6-7H2,1H3. The Morgan fingerprint density at radius 3 is 2.85 bits per heavy atom. The normalized spacial score (nSPS) is 10.5. The lowest BCUT2D eigenvalue weighted by Crippen LogP contribution is -2.08. The van der Waals surface area contributed by atoms with Gasteiger partial charge in [-0.05, 0) is 13.0 Å². The fraction of sp³-hybridized carbons (Fsp3) is 0.333. The summed E-state index contributed by atoms with van der Waals surface area (Å²) in [6, 6.07) is 2.01. The number of aryl methyl sites for hydroxylation is 3. The van der Waals surface area contributed by atoms with Crippen molar-refractivity contribution >= 4 is 0 Å². The maximum Gasteiger partial charge on any atom is 0.0946 e. The van der Waals surface area contributed by atoms with Crippen LogP contribution in [0.3, 0.4) is 0 Å². The Hall–Kier alpha value is -1.58. The van der Waals surface area contributed by atoms with Crippen LogP contribution >= 0.6 is 0 Å². The fourth-order valence-corrected chi connectivity index (χ4v) is 1.26. The number of hydrogen-bond acceptors (Lipinski definition) is 2. The van der Waals surface area contributed by atoms with E-state index in [1.807, 2.05) is 34.0 Å². The highest BCUT2D eigenvalue weighted by Crippen LogP contribution is 1.96. The lowest BCUT2D eigenvalue weighted by molar-refractivity contribution is 0.523. The van der Waals surface area contributed by atoms with E-state index in [2.05, 4.69) is 17.0 Å². The maximum absolute atomic E-state index is 4.20. The Labute approximate surface area is 76.8 Å². The van der Waals surface area contributed by atoms with Gasteiger partial charge >= 0.3 is 0 Å². The second-order valence-corrected chi connectivity index (χ2v) is 3.00. The fourth-order valence-electron chi connectivity index (χ4n) is 1.26. The predicted molar refractivity (Wildman–Crippen MR) is 49.2 cm³/mol. The van der Waals surface area contributed by atoms with E-state index in [1.165, 1.54) is 5.69 Å². The second-order valence-electron chi connectivity index (χ2n) is 3.00. The average molecular weight is 176 g/mol. The molecule has 68 valence electrons. The molecule has 2 heterocycles. The molecule has 0 N–H and O–H groups in total. The van der Waals surface area contributed by atoms with Gasteiger partial charge in [-0.25, -0.2) is 4.98 Å². The monoisotopic (exact) mass is 176 g/mol. The Morgan fingerprint density at radius 1 is 1.31 bits per heavy atom. The summed E-state index contributed by atoms with van der Waals surface area (Å²) in [6.07, 6.45) is 7.39. The van der Waals surface area contributed by atoms with Crippen LogP contribution in [0, 0.1) is 6.92 Å². The summed E-state index contributed by atoms with van der Waals surface area (Å²) in [7, 11) is 0. The van der Waals surface area contributed by atoms with Crippen molar-refractivity contribution in [1.82, 2.24) is 19.3 Å². The lowest BCUT2D eigenvalue weighted by Gasteiger charge is -2.04. The molecule has 0 aromatic carbocycles. The Morgan fingerprint density at radius 2 is 2.23 bits per heavy atom. The van der Waals surface area contributed by atoms with Gasteiger partial charge in [0.1, 0.15) is 0 Å². The van der Waals surface area contributed by atoms with Gasteiger partial charge in [0.25, 0.3) is 0 Å². The maximum atomic E-state index is 4.20. The summed E-state index contributed by atoms with van der Waals surface area (Å²) >= 11 is 0. The molecule has 0 unspecified atom stereocenters. The Balaban J connectivity index is 1.97. The van der Waals surface area contributed by atoms with E-state index in [1.54, 1.807) is 6.20 Å². The minimum Gasteiger partial charge on any atom is -0.336 e. The zero-order valence-electron chi connectivity index (χ0n) is 7.59. The number of aromatic nitrogens is 4. The number of nitrogens with zero attached hydrogens (tertiary/aromatic N) is 4. The molecule has 0 aliphatic carbocycles. The van der Waals surface area contributed by atoms with Gasteiger partial charge in [-0.15, -0.1) is 0 Å². The van der Waals surface area contributed by atoms with E-state index in [4.69, 9.17) is 0 Å². The van der Waals surface area contributed by atoms with Crippen LogP contribution in [0.25, 0.3) is 0 Å². The van der Waals surface area contributed by atoms with Gasteiger partial charge in [0, 0.05) is 30.8 Å². The van der Waals surface area contributed by atoms with Crippen LogP contribution < -0.4 is 0 Å². The highest BCUT2D eigenvalue weighted by molar-refractivity contribution is 4.96. The summed E-state index contributed by atoms with van der Waals surface area (Å²) in [5.41, 5.74) is 1.19. The summed E-state index contributed by atoms with van der Waals surface area (Å²) < 4.78 is 4.03. The van der Waals surface area contributed by atoms with E-state index in [0.717, 1.165) is 13.1 Å². The van der Waals surface area contributed by atoms with Crippen molar-refractivity contribution < 1.29 is 0 Å². The molecule has 0 aliphatic rings. The van der Waals surface area contributed by atoms with Gasteiger partial charge in [-0.2, -0.15) is 5.10 Å². The molecule has 0 saturated heterocycles. The highest BCUT2D eigenvalue weighted by Gasteiger charge is 1.96. The third kappa shape index (κ3) is 1.77. The van der Waals surface area contributed by atoms with Crippen molar-refractivity contribution in [2.45, 2.75) is 20.0 Å². The smallest absolute Gasteiger partial charge is 0.0946 e. The van der Waals surface area contributed by atoms with E-state index in [9.17, 15) is 0 Å². The molecule has 0 radical (unpaired) electrons. The quantitative estimate of drug-likeness (QED) is 0.701. The third-order valence-electron chi connectivity index (χ3n) is 2.06. The van der Waals surface area contributed by atoms with Crippen molar-refractivity contribution in [2.75, 3.05) is 0 Å². The molecule has 4 nitrogen and oxygen atoms in total. The van der Waals surface area contributed by atoms with Crippen LogP contribution in [0.15, 0.2) is 31.0 Å². The van der Waals surface area contributed by atoms with E-state index >= 15 is 0 Å². The van der Waals surface area contributed by atoms with Crippen molar-refractivity contribution in [3.05, 3.63) is 36.7 Å². The number of hydrogen-bond donors (Lipinski definition) is 0. The van der Waals surface area contributed by atoms with Crippen LogP contribution in [-0.4, -0.2) is 19.3 Å². The molecule has 0 amide bonds. The summed E-state index contributed by atoms with van der Waals surface area (Å²) in [6.45, 7) is 3.87. The van der Waals surface area contributed by atoms with Gasteiger partial charge in [0.2, 0.25) is 0 Å². The zero-order chi connectivity index (χ0) is 9.10. The SMILES string of the molecule is Cc1ccnn1CCn1ccnc1. The Bertz CT molecular complexity index is 361. The molecule has 0 spiro atoms. The second kappa shape index (κ2) is 3.43. The predicted octanol–water partition coefficient (Wildman–Crippen LogP) is 1.09. The molecule has 2 aromatic heterocycles. The molecule has 2 rings (SSSR count). The first kappa shape index (κ1) is 8.04. The van der Waals surface area contributed by atoms with Crippen LogP contribution in [0.2, 0.25) is 0 Å². The highest BCUT2D eigenvalue weighted by atomic mass is 15.3. The molecule has 0 fully saturated rings. The summed E-state index contributed by atoms with van der Waals surface area (Å²) in [5.74, 6) is 0. The van der Waals surface area contributed by atoms with Crippen LogP contribution in [-0.2, 0) is 13.1 Å². The zero-order valence-corrected chi connectivity index (χ0v) is 7.59. The molecule has 0 aliphatic heterocycles. The van der Waals surface area contributed by atoms with Crippen molar-refractivity contribution in [2.24, 2.45) is 0 Å². The van der Waals surface area contributed by atoms with Crippen molar-refractivity contribution in [3.8, 4) is 0 Å². The van der Waals surface area contributed by atoms with Crippen LogP contribution in [0.5, 0.6) is 0 Å². The third-order valence-corrected chi connectivity index (χ3v) is 2.06. The molecule has 2 aromatic rings. The van der Waals surface area contributed by atoms with E-state index < -0.39 is 0 Å². The van der Waals surface area contributed by atoms with Gasteiger partial charge in [0.15, 0.2) is 0 Å². The van der Waals surface area contributed by atoms with Gasteiger partial charge in [-0.3, -0.25) is 4.68 Å². The summed E-state index contributed by atoms with van der Waals surface area (Å²) in [5, 5.41) is 4.20. The average Bonchev–Trinajstić information content (AvgIpc) is 2.72.